The van der Waals surface area contributed by atoms with E-state index in [1.54, 1.807) is 17.0 Å². The van der Waals surface area contributed by atoms with Crippen LogP contribution in [0.2, 0.25) is 5.02 Å². The van der Waals surface area contributed by atoms with Crippen molar-refractivity contribution >= 4 is 40.0 Å². The molecule has 2 aromatic carbocycles. The van der Waals surface area contributed by atoms with E-state index in [2.05, 4.69) is 16.4 Å². The van der Waals surface area contributed by atoms with Crippen molar-refractivity contribution in [3.63, 3.8) is 0 Å². The van der Waals surface area contributed by atoms with E-state index < -0.39 is 0 Å². The second-order valence-electron chi connectivity index (χ2n) is 6.81. The van der Waals surface area contributed by atoms with E-state index in [0.29, 0.717) is 18.1 Å². The van der Waals surface area contributed by atoms with Gasteiger partial charge in [-0.05, 0) is 42.7 Å². The standard InChI is InChI=1S/C22H24ClN3O2/c1-15-7-8-18(23)13-21(15)26(16(2)27)12-10-22(28)24-11-9-17-14-25-20-6-4-3-5-19(17)20/h3-8,13-14,25H,9-12H2,1-2H3,(H,24,28). The first-order valence-corrected chi connectivity index (χ1v) is 9.69. The molecule has 28 heavy (non-hydrogen) atoms. The molecule has 0 bridgehead atoms. The molecule has 0 aliphatic heterocycles. The quantitative estimate of drug-likeness (QED) is 0.626. The van der Waals surface area contributed by atoms with Crippen LogP contribution in [0, 0.1) is 6.92 Å². The summed E-state index contributed by atoms with van der Waals surface area (Å²) in [6.07, 6.45) is 2.97. The number of nitrogens with zero attached hydrogens (tertiary/aromatic N) is 1. The maximum atomic E-state index is 12.3. The summed E-state index contributed by atoms with van der Waals surface area (Å²) < 4.78 is 0. The summed E-state index contributed by atoms with van der Waals surface area (Å²) >= 11 is 6.07. The average Bonchev–Trinajstić information content (AvgIpc) is 3.07. The van der Waals surface area contributed by atoms with Gasteiger partial charge in [0, 0.05) is 54.2 Å². The Morgan fingerprint density at radius 3 is 2.75 bits per heavy atom. The summed E-state index contributed by atoms with van der Waals surface area (Å²) in [7, 11) is 0. The first kappa shape index (κ1) is 20.0. The molecule has 0 radical (unpaired) electrons. The molecule has 1 aromatic heterocycles. The van der Waals surface area contributed by atoms with E-state index >= 15 is 0 Å². The zero-order chi connectivity index (χ0) is 20.1. The van der Waals surface area contributed by atoms with Crippen molar-refractivity contribution in [2.45, 2.75) is 26.7 Å². The lowest BCUT2D eigenvalue weighted by Gasteiger charge is -2.23. The Kier molecular flexibility index (Phi) is 6.37. The Bertz CT molecular complexity index is 996. The number of halogens is 1. The van der Waals surface area contributed by atoms with Crippen LogP contribution in [0.1, 0.15) is 24.5 Å². The minimum atomic E-state index is -0.114. The minimum Gasteiger partial charge on any atom is -0.361 e. The van der Waals surface area contributed by atoms with Crippen molar-refractivity contribution < 1.29 is 9.59 Å². The van der Waals surface area contributed by atoms with Crippen molar-refractivity contribution in [3.8, 4) is 0 Å². The van der Waals surface area contributed by atoms with Gasteiger partial charge in [0.1, 0.15) is 0 Å². The van der Waals surface area contributed by atoms with Crippen LogP contribution in [0.3, 0.4) is 0 Å². The van der Waals surface area contributed by atoms with Crippen LogP contribution in [-0.4, -0.2) is 29.9 Å². The predicted octanol–water partition coefficient (Wildman–Crippen LogP) is 4.23. The number of para-hydroxylation sites is 1. The summed E-state index contributed by atoms with van der Waals surface area (Å²) in [4.78, 5) is 29.2. The predicted molar refractivity (Wildman–Crippen MR) is 114 cm³/mol. The Morgan fingerprint density at radius 2 is 1.96 bits per heavy atom. The number of anilines is 1. The van der Waals surface area contributed by atoms with Gasteiger partial charge < -0.3 is 15.2 Å². The van der Waals surface area contributed by atoms with E-state index in [-0.39, 0.29) is 18.2 Å². The first-order chi connectivity index (χ1) is 13.5. The number of hydrogen-bond acceptors (Lipinski definition) is 2. The fourth-order valence-electron chi connectivity index (χ4n) is 3.30. The summed E-state index contributed by atoms with van der Waals surface area (Å²) in [5.41, 5.74) is 3.96. The van der Waals surface area contributed by atoms with Gasteiger partial charge in [0.05, 0.1) is 0 Å². The molecule has 0 saturated heterocycles. The van der Waals surface area contributed by atoms with Gasteiger partial charge >= 0.3 is 0 Å². The normalized spacial score (nSPS) is 10.8. The second kappa shape index (κ2) is 8.93. The highest BCUT2D eigenvalue weighted by Gasteiger charge is 2.16. The third kappa shape index (κ3) is 4.73. The SMILES string of the molecule is CC(=O)N(CCC(=O)NCCc1c[nH]c2ccccc12)c1cc(Cl)ccc1C. The number of hydrogen-bond donors (Lipinski definition) is 2. The molecule has 0 unspecified atom stereocenters. The number of benzene rings is 2. The lowest BCUT2D eigenvalue weighted by molar-refractivity contribution is -0.121. The average molecular weight is 398 g/mol. The van der Waals surface area contributed by atoms with Crippen LogP contribution < -0.4 is 10.2 Å². The number of nitrogens with one attached hydrogen (secondary N) is 2. The second-order valence-corrected chi connectivity index (χ2v) is 7.25. The molecule has 0 aliphatic carbocycles. The molecule has 146 valence electrons. The van der Waals surface area contributed by atoms with Gasteiger partial charge in [-0.15, -0.1) is 0 Å². The minimum absolute atomic E-state index is 0.0780. The molecule has 0 aliphatic rings. The van der Waals surface area contributed by atoms with Crippen molar-refractivity contribution in [2.75, 3.05) is 18.0 Å². The Hall–Kier alpha value is -2.79. The van der Waals surface area contributed by atoms with Crippen LogP contribution in [0.5, 0.6) is 0 Å². The number of amides is 2. The maximum absolute atomic E-state index is 12.3. The van der Waals surface area contributed by atoms with Crippen molar-refractivity contribution in [1.82, 2.24) is 10.3 Å². The van der Waals surface area contributed by atoms with Gasteiger partial charge in [-0.25, -0.2) is 0 Å². The number of carbonyl (C=O) groups excluding carboxylic acids is 2. The highest BCUT2D eigenvalue weighted by atomic mass is 35.5. The Morgan fingerprint density at radius 1 is 1.18 bits per heavy atom. The van der Waals surface area contributed by atoms with Crippen LogP contribution in [-0.2, 0) is 16.0 Å². The number of fused-ring (bicyclic) bond motifs is 1. The lowest BCUT2D eigenvalue weighted by atomic mass is 10.1. The molecule has 0 saturated carbocycles. The molecule has 0 spiro atoms. The molecule has 0 atom stereocenters. The van der Waals surface area contributed by atoms with E-state index in [1.807, 2.05) is 37.4 Å². The molecule has 2 N–H and O–H groups in total. The third-order valence-electron chi connectivity index (χ3n) is 4.80. The van der Waals surface area contributed by atoms with Crippen LogP contribution in [0.15, 0.2) is 48.7 Å². The van der Waals surface area contributed by atoms with Crippen molar-refractivity contribution in [2.24, 2.45) is 0 Å². The summed E-state index contributed by atoms with van der Waals surface area (Å²) in [6.45, 7) is 4.28. The lowest BCUT2D eigenvalue weighted by Crippen LogP contribution is -2.34. The topological polar surface area (TPSA) is 65.2 Å². The fourth-order valence-corrected chi connectivity index (χ4v) is 3.46. The Labute approximate surface area is 169 Å². The van der Waals surface area contributed by atoms with Gasteiger partial charge in [-0.1, -0.05) is 35.9 Å². The number of carbonyl (C=O) groups is 2. The number of aryl methyl sites for hydroxylation is 1. The highest BCUT2D eigenvalue weighted by molar-refractivity contribution is 6.31. The molecule has 5 nitrogen and oxygen atoms in total. The highest BCUT2D eigenvalue weighted by Crippen LogP contribution is 2.24. The monoisotopic (exact) mass is 397 g/mol. The zero-order valence-electron chi connectivity index (χ0n) is 16.1. The van der Waals surface area contributed by atoms with Crippen molar-refractivity contribution in [1.29, 1.82) is 0 Å². The summed E-state index contributed by atoms with van der Waals surface area (Å²) in [5, 5.41) is 4.68. The number of rotatable bonds is 7. The summed E-state index contributed by atoms with van der Waals surface area (Å²) in [5.74, 6) is -0.192. The third-order valence-corrected chi connectivity index (χ3v) is 5.03. The smallest absolute Gasteiger partial charge is 0.223 e. The maximum Gasteiger partial charge on any atom is 0.223 e. The van der Waals surface area contributed by atoms with Gasteiger partial charge in [0.15, 0.2) is 0 Å². The largest absolute Gasteiger partial charge is 0.361 e. The van der Waals surface area contributed by atoms with E-state index in [1.165, 1.54) is 17.9 Å². The van der Waals surface area contributed by atoms with Gasteiger partial charge in [0.2, 0.25) is 11.8 Å². The van der Waals surface area contributed by atoms with E-state index in [9.17, 15) is 9.59 Å². The van der Waals surface area contributed by atoms with Gasteiger partial charge in [0.25, 0.3) is 0 Å². The summed E-state index contributed by atoms with van der Waals surface area (Å²) in [6, 6.07) is 13.5. The molecule has 3 rings (SSSR count). The molecule has 6 heteroatoms. The number of aromatic nitrogens is 1. The molecule has 2 amide bonds. The molecular formula is C22H24ClN3O2. The van der Waals surface area contributed by atoms with Crippen LogP contribution in [0.25, 0.3) is 10.9 Å². The van der Waals surface area contributed by atoms with Crippen LogP contribution in [0.4, 0.5) is 5.69 Å². The van der Waals surface area contributed by atoms with E-state index in [0.717, 1.165) is 23.2 Å². The van der Waals surface area contributed by atoms with Gasteiger partial charge in [-0.3, -0.25) is 9.59 Å². The molecule has 1 heterocycles. The first-order valence-electron chi connectivity index (χ1n) is 9.31. The zero-order valence-corrected chi connectivity index (χ0v) is 16.8. The fraction of sp³-hybridized carbons (Fsp3) is 0.273. The number of aromatic amines is 1. The number of H-pyrrole nitrogens is 1. The molecule has 3 aromatic rings. The Balaban J connectivity index is 1.54. The van der Waals surface area contributed by atoms with Gasteiger partial charge in [-0.2, -0.15) is 0 Å². The van der Waals surface area contributed by atoms with E-state index in [4.69, 9.17) is 11.6 Å². The molecule has 0 fully saturated rings. The van der Waals surface area contributed by atoms with Crippen molar-refractivity contribution in [3.05, 3.63) is 64.8 Å². The molecular weight excluding hydrogens is 374 g/mol. The van der Waals surface area contributed by atoms with Crippen LogP contribution >= 0.6 is 11.6 Å².